The molecule has 1 aliphatic heterocycles. The molecule has 1 aromatic carbocycles. The highest BCUT2D eigenvalue weighted by Gasteiger charge is 2.25. The fraction of sp³-hybridized carbons (Fsp3) is 0.533. The van der Waals surface area contributed by atoms with Crippen LogP contribution in [-0.2, 0) is 14.9 Å². The third-order valence-electron chi connectivity index (χ3n) is 3.57. The molecule has 2 N–H and O–H groups in total. The molecule has 1 amide bonds. The molecule has 0 saturated carbocycles. The molecule has 1 unspecified atom stereocenters. The Hall–Kier alpha value is -1.46. The normalized spacial score (nSPS) is 19.6. The zero-order chi connectivity index (χ0) is 14.6. The molecule has 0 aliphatic carbocycles. The molecular formula is C15H21FN2O2. The molecule has 1 heterocycles. The predicted octanol–water partition coefficient (Wildman–Crippen LogP) is 1.21. The van der Waals surface area contributed by atoms with Crippen molar-refractivity contribution in [2.24, 2.45) is 0 Å². The van der Waals surface area contributed by atoms with Crippen LogP contribution in [-0.4, -0.2) is 38.3 Å². The van der Waals surface area contributed by atoms with Crippen LogP contribution < -0.4 is 10.6 Å². The number of ether oxygens (including phenoxy) is 1. The van der Waals surface area contributed by atoms with Crippen LogP contribution in [0.15, 0.2) is 24.3 Å². The van der Waals surface area contributed by atoms with Crippen LogP contribution in [0.2, 0.25) is 0 Å². The number of carbonyl (C=O) groups is 1. The first-order valence-corrected chi connectivity index (χ1v) is 6.84. The lowest BCUT2D eigenvalue weighted by molar-refractivity contribution is -0.126. The molecule has 2 rings (SSSR count). The van der Waals surface area contributed by atoms with Gasteiger partial charge in [-0.2, -0.15) is 0 Å². The first kappa shape index (κ1) is 14.9. The number of hydrogen-bond acceptors (Lipinski definition) is 3. The number of benzene rings is 1. The lowest BCUT2D eigenvalue weighted by atomic mass is 9.84. The highest BCUT2D eigenvalue weighted by molar-refractivity contribution is 5.82. The Bertz CT molecular complexity index is 453. The quantitative estimate of drug-likeness (QED) is 0.871. The van der Waals surface area contributed by atoms with Gasteiger partial charge in [0.25, 0.3) is 0 Å². The summed E-state index contributed by atoms with van der Waals surface area (Å²) >= 11 is 0. The maximum atomic E-state index is 12.9. The van der Waals surface area contributed by atoms with E-state index in [0.717, 1.165) is 5.56 Å². The van der Waals surface area contributed by atoms with Gasteiger partial charge in [-0.15, -0.1) is 0 Å². The Morgan fingerprint density at radius 3 is 2.75 bits per heavy atom. The summed E-state index contributed by atoms with van der Waals surface area (Å²) in [5, 5.41) is 6.05. The first-order chi connectivity index (χ1) is 9.49. The van der Waals surface area contributed by atoms with Crippen molar-refractivity contribution >= 4 is 5.91 Å². The topological polar surface area (TPSA) is 50.4 Å². The molecule has 1 atom stereocenters. The Balaban J connectivity index is 1.91. The Morgan fingerprint density at radius 2 is 2.15 bits per heavy atom. The van der Waals surface area contributed by atoms with Crippen molar-refractivity contribution in [3.63, 3.8) is 0 Å². The van der Waals surface area contributed by atoms with E-state index in [4.69, 9.17) is 4.74 Å². The summed E-state index contributed by atoms with van der Waals surface area (Å²) in [5.74, 6) is -0.308. The minimum absolute atomic E-state index is 0.0557. The van der Waals surface area contributed by atoms with Crippen LogP contribution in [0.4, 0.5) is 4.39 Å². The van der Waals surface area contributed by atoms with Crippen molar-refractivity contribution in [1.82, 2.24) is 10.6 Å². The molecule has 1 saturated heterocycles. The maximum absolute atomic E-state index is 12.9. The fourth-order valence-electron chi connectivity index (χ4n) is 2.17. The highest BCUT2D eigenvalue weighted by atomic mass is 19.1. The molecule has 0 radical (unpaired) electrons. The number of morpholine rings is 1. The molecule has 20 heavy (non-hydrogen) atoms. The van der Waals surface area contributed by atoms with Gasteiger partial charge in [-0.3, -0.25) is 4.79 Å². The van der Waals surface area contributed by atoms with Crippen molar-refractivity contribution in [3.8, 4) is 0 Å². The van der Waals surface area contributed by atoms with E-state index >= 15 is 0 Å². The highest BCUT2D eigenvalue weighted by Crippen LogP contribution is 2.22. The number of amides is 1. The summed E-state index contributed by atoms with van der Waals surface area (Å²) in [6.07, 6.45) is 0. The number of hydrogen-bond donors (Lipinski definition) is 2. The van der Waals surface area contributed by atoms with Gasteiger partial charge in [0.1, 0.15) is 11.9 Å². The van der Waals surface area contributed by atoms with Gasteiger partial charge in [0, 0.05) is 18.5 Å². The van der Waals surface area contributed by atoms with E-state index in [9.17, 15) is 9.18 Å². The molecule has 0 bridgehead atoms. The van der Waals surface area contributed by atoms with E-state index < -0.39 is 0 Å². The van der Waals surface area contributed by atoms with E-state index in [-0.39, 0.29) is 23.2 Å². The minimum Gasteiger partial charge on any atom is -0.378 e. The monoisotopic (exact) mass is 280 g/mol. The van der Waals surface area contributed by atoms with Crippen molar-refractivity contribution in [3.05, 3.63) is 35.6 Å². The summed E-state index contributed by atoms with van der Waals surface area (Å²) in [6, 6.07) is 6.10. The second kappa shape index (κ2) is 6.33. The summed E-state index contributed by atoms with van der Waals surface area (Å²) in [6.45, 7) is 6.28. The van der Waals surface area contributed by atoms with E-state index in [1.54, 1.807) is 12.1 Å². The molecular weight excluding hydrogens is 259 g/mol. The average molecular weight is 280 g/mol. The molecule has 110 valence electrons. The summed E-state index contributed by atoms with van der Waals surface area (Å²) in [7, 11) is 0. The Labute approximate surface area is 118 Å². The molecule has 1 aliphatic rings. The van der Waals surface area contributed by atoms with Crippen LogP contribution in [0.1, 0.15) is 19.4 Å². The smallest absolute Gasteiger partial charge is 0.239 e. The van der Waals surface area contributed by atoms with Gasteiger partial charge in [0.2, 0.25) is 5.91 Å². The van der Waals surface area contributed by atoms with Gasteiger partial charge in [0.05, 0.1) is 13.2 Å². The van der Waals surface area contributed by atoms with Crippen molar-refractivity contribution < 1.29 is 13.9 Å². The van der Waals surface area contributed by atoms with Crippen LogP contribution in [0, 0.1) is 5.82 Å². The maximum Gasteiger partial charge on any atom is 0.239 e. The zero-order valence-electron chi connectivity index (χ0n) is 11.9. The standard InChI is InChI=1S/C15H21FN2O2/c1-15(2,11-3-5-12(16)6-4-11)10-18-14(19)13-9-20-8-7-17-13/h3-6,13,17H,7-10H2,1-2H3,(H,18,19). The minimum atomic E-state index is -0.284. The second-order valence-corrected chi connectivity index (χ2v) is 5.69. The van der Waals surface area contributed by atoms with E-state index in [2.05, 4.69) is 10.6 Å². The molecule has 0 spiro atoms. The molecule has 4 nitrogen and oxygen atoms in total. The van der Waals surface area contributed by atoms with E-state index in [1.165, 1.54) is 12.1 Å². The summed E-state index contributed by atoms with van der Waals surface area (Å²) in [4.78, 5) is 12.0. The first-order valence-electron chi connectivity index (χ1n) is 6.84. The third-order valence-corrected chi connectivity index (χ3v) is 3.57. The Kier molecular flexibility index (Phi) is 4.73. The van der Waals surface area contributed by atoms with Crippen molar-refractivity contribution in [2.75, 3.05) is 26.3 Å². The lowest BCUT2D eigenvalue weighted by Gasteiger charge is -2.28. The Morgan fingerprint density at radius 1 is 1.45 bits per heavy atom. The zero-order valence-corrected chi connectivity index (χ0v) is 11.9. The summed E-state index contributed by atoms with van der Waals surface area (Å²) in [5.41, 5.74) is 0.742. The van der Waals surface area contributed by atoms with Gasteiger partial charge in [-0.05, 0) is 17.7 Å². The average Bonchev–Trinajstić information content (AvgIpc) is 2.46. The largest absolute Gasteiger partial charge is 0.378 e. The molecule has 1 fully saturated rings. The van der Waals surface area contributed by atoms with Crippen LogP contribution in [0.3, 0.4) is 0 Å². The van der Waals surface area contributed by atoms with E-state index in [1.807, 2.05) is 13.8 Å². The SMILES string of the molecule is CC(C)(CNC(=O)C1COCCN1)c1ccc(F)cc1. The lowest BCUT2D eigenvalue weighted by Crippen LogP contribution is -2.52. The second-order valence-electron chi connectivity index (χ2n) is 5.69. The number of rotatable bonds is 4. The van der Waals surface area contributed by atoms with Crippen LogP contribution in [0.25, 0.3) is 0 Å². The van der Waals surface area contributed by atoms with Crippen LogP contribution >= 0.6 is 0 Å². The van der Waals surface area contributed by atoms with Gasteiger partial charge in [-0.1, -0.05) is 26.0 Å². The van der Waals surface area contributed by atoms with Gasteiger partial charge >= 0.3 is 0 Å². The van der Waals surface area contributed by atoms with Crippen molar-refractivity contribution in [2.45, 2.75) is 25.3 Å². The predicted molar refractivity (Wildman–Crippen MR) is 75.0 cm³/mol. The van der Waals surface area contributed by atoms with Gasteiger partial charge in [0.15, 0.2) is 0 Å². The number of halogens is 1. The molecule has 1 aromatic rings. The third kappa shape index (κ3) is 3.77. The van der Waals surface area contributed by atoms with E-state index in [0.29, 0.717) is 26.3 Å². The van der Waals surface area contributed by atoms with Gasteiger partial charge in [-0.25, -0.2) is 4.39 Å². The molecule has 5 heteroatoms. The van der Waals surface area contributed by atoms with Crippen LogP contribution in [0.5, 0.6) is 0 Å². The van der Waals surface area contributed by atoms with Crippen molar-refractivity contribution in [1.29, 1.82) is 0 Å². The fourth-order valence-corrected chi connectivity index (χ4v) is 2.17. The molecule has 0 aromatic heterocycles. The summed E-state index contributed by atoms with van der Waals surface area (Å²) < 4.78 is 18.2. The number of carbonyl (C=O) groups excluding carboxylic acids is 1. The van der Waals surface area contributed by atoms with Gasteiger partial charge < -0.3 is 15.4 Å². The number of nitrogens with one attached hydrogen (secondary N) is 2.